The van der Waals surface area contributed by atoms with Crippen LogP contribution in [0.1, 0.15) is 45.8 Å². The number of hydrogen-bond acceptors (Lipinski definition) is 4. The van der Waals surface area contributed by atoms with E-state index in [1.54, 1.807) is 17.7 Å². The molecule has 0 spiro atoms. The Kier molecular flexibility index (Phi) is 7.78. The monoisotopic (exact) mass is 531 g/mol. The Morgan fingerprint density at radius 2 is 1.62 bits per heavy atom. The first kappa shape index (κ1) is 26.9. The van der Waals surface area contributed by atoms with Crippen molar-refractivity contribution in [3.63, 3.8) is 0 Å². The topological polar surface area (TPSA) is 64.4 Å². The van der Waals surface area contributed by atoms with Gasteiger partial charge in [-0.25, -0.2) is 4.98 Å². The number of carbonyl (C=O) groups excluding carboxylic acids is 1. The highest BCUT2D eigenvalue weighted by atomic mass is 16.5. The summed E-state index contributed by atoms with van der Waals surface area (Å²) in [6.45, 7) is 6.30. The Bertz CT molecular complexity index is 1730. The summed E-state index contributed by atoms with van der Waals surface area (Å²) in [5.74, 6) is 0.925. The maximum Gasteiger partial charge on any atom is 0.266 e. The van der Waals surface area contributed by atoms with Gasteiger partial charge in [0.2, 0.25) is 0 Å². The van der Waals surface area contributed by atoms with Crippen molar-refractivity contribution < 1.29 is 9.53 Å². The number of para-hydroxylation sites is 1. The van der Waals surface area contributed by atoms with Crippen molar-refractivity contribution in [2.75, 3.05) is 13.7 Å². The molecule has 40 heavy (non-hydrogen) atoms. The third-order valence-electron chi connectivity index (χ3n) is 7.34. The average Bonchev–Trinajstić information content (AvgIpc) is 2.97. The lowest BCUT2D eigenvalue weighted by molar-refractivity contribution is 0.0683. The second kappa shape index (κ2) is 11.6. The molecule has 0 aliphatic rings. The van der Waals surface area contributed by atoms with Gasteiger partial charge in [0.15, 0.2) is 0 Å². The minimum absolute atomic E-state index is 0.105. The number of hydrogen-bond donors (Lipinski definition) is 0. The van der Waals surface area contributed by atoms with Crippen LogP contribution < -0.4 is 10.3 Å². The molecular formula is C34H33N3O3. The van der Waals surface area contributed by atoms with Gasteiger partial charge in [0.25, 0.3) is 11.5 Å². The van der Waals surface area contributed by atoms with Gasteiger partial charge in [0, 0.05) is 12.1 Å². The van der Waals surface area contributed by atoms with Crippen molar-refractivity contribution in [2.45, 2.75) is 33.2 Å². The van der Waals surface area contributed by atoms with Gasteiger partial charge < -0.3 is 9.64 Å². The molecule has 1 heterocycles. The number of aromatic nitrogens is 2. The van der Waals surface area contributed by atoms with E-state index in [-0.39, 0.29) is 11.5 Å². The van der Waals surface area contributed by atoms with E-state index in [1.807, 2.05) is 105 Å². The molecule has 0 radical (unpaired) electrons. The highest BCUT2D eigenvalue weighted by Crippen LogP contribution is 2.30. The Morgan fingerprint density at radius 1 is 0.925 bits per heavy atom. The summed E-state index contributed by atoms with van der Waals surface area (Å²) in [7, 11) is 1.59. The van der Waals surface area contributed by atoms with E-state index in [9.17, 15) is 9.59 Å². The molecule has 6 heteroatoms. The van der Waals surface area contributed by atoms with Crippen LogP contribution >= 0.6 is 0 Å². The third-order valence-corrected chi connectivity index (χ3v) is 7.34. The van der Waals surface area contributed by atoms with Crippen LogP contribution in [0.15, 0.2) is 102 Å². The zero-order chi connectivity index (χ0) is 28.2. The van der Waals surface area contributed by atoms with E-state index in [0.29, 0.717) is 46.7 Å². The average molecular weight is 532 g/mol. The lowest BCUT2D eigenvalue weighted by Gasteiger charge is -2.31. The van der Waals surface area contributed by atoms with Crippen molar-refractivity contribution >= 4 is 16.8 Å². The molecule has 0 fully saturated rings. The van der Waals surface area contributed by atoms with Crippen LogP contribution in [0.25, 0.3) is 16.6 Å². The van der Waals surface area contributed by atoms with Gasteiger partial charge in [-0.3, -0.25) is 14.2 Å². The number of methoxy groups -OCH3 is 1. The lowest BCUT2D eigenvalue weighted by atomic mass is 10.0. The fourth-order valence-electron chi connectivity index (χ4n) is 5.11. The molecule has 4 aromatic carbocycles. The Balaban J connectivity index is 1.71. The molecule has 0 saturated heterocycles. The normalized spacial score (nSPS) is 11.8. The smallest absolute Gasteiger partial charge is 0.266 e. The van der Waals surface area contributed by atoms with Gasteiger partial charge >= 0.3 is 0 Å². The van der Waals surface area contributed by atoms with Crippen LogP contribution in [0, 0.1) is 13.8 Å². The molecule has 1 aromatic heterocycles. The van der Waals surface area contributed by atoms with Gasteiger partial charge in [-0.2, -0.15) is 0 Å². The molecule has 6 nitrogen and oxygen atoms in total. The predicted molar refractivity (Wildman–Crippen MR) is 159 cm³/mol. The molecule has 0 aliphatic carbocycles. The zero-order valence-electron chi connectivity index (χ0n) is 23.3. The first-order chi connectivity index (χ1) is 19.4. The van der Waals surface area contributed by atoms with Crippen LogP contribution in [0.3, 0.4) is 0 Å². The van der Waals surface area contributed by atoms with Gasteiger partial charge in [-0.1, -0.05) is 66.7 Å². The van der Waals surface area contributed by atoms with Crippen molar-refractivity contribution in [1.29, 1.82) is 0 Å². The highest BCUT2D eigenvalue weighted by molar-refractivity contribution is 5.96. The molecule has 0 saturated carbocycles. The van der Waals surface area contributed by atoms with Gasteiger partial charge in [0.05, 0.1) is 29.7 Å². The first-order valence-electron chi connectivity index (χ1n) is 13.5. The number of rotatable bonds is 8. The summed E-state index contributed by atoms with van der Waals surface area (Å²) in [5, 5.41) is 0.503. The molecular weight excluding hydrogens is 498 g/mol. The summed E-state index contributed by atoms with van der Waals surface area (Å²) in [6.07, 6.45) is 0.661. The molecule has 0 aliphatic heterocycles. The van der Waals surface area contributed by atoms with Crippen molar-refractivity contribution in [3.05, 3.63) is 135 Å². The quantitative estimate of drug-likeness (QED) is 0.231. The summed E-state index contributed by atoms with van der Waals surface area (Å²) in [6, 6.07) is 30.2. The molecule has 5 rings (SSSR count). The molecule has 1 amide bonds. The third kappa shape index (κ3) is 5.25. The van der Waals surface area contributed by atoms with Crippen LogP contribution in [0.2, 0.25) is 0 Å². The molecule has 0 N–H and O–H groups in total. The minimum Gasteiger partial charge on any atom is -0.495 e. The highest BCUT2D eigenvalue weighted by Gasteiger charge is 2.29. The number of carbonyl (C=O) groups is 1. The number of ether oxygens (including phenoxy) is 1. The van der Waals surface area contributed by atoms with Crippen molar-refractivity contribution in [3.8, 4) is 11.4 Å². The number of benzene rings is 4. The SMILES string of the molecule is COc1ccc(C)cc1-n1c(C(C)N(CCc2ccccc2)C(=O)c2ccccc2C)nc2ccccc2c1=O. The van der Waals surface area contributed by atoms with Gasteiger partial charge in [0.1, 0.15) is 11.6 Å². The largest absolute Gasteiger partial charge is 0.495 e. The molecule has 1 atom stereocenters. The van der Waals surface area contributed by atoms with Crippen LogP contribution in [0.5, 0.6) is 5.75 Å². The molecule has 0 bridgehead atoms. The predicted octanol–water partition coefficient (Wildman–Crippen LogP) is 6.46. The lowest BCUT2D eigenvalue weighted by Crippen LogP contribution is -2.39. The van der Waals surface area contributed by atoms with Crippen LogP contribution in [-0.4, -0.2) is 34.0 Å². The fraction of sp³-hybridized carbons (Fsp3) is 0.206. The summed E-state index contributed by atoms with van der Waals surface area (Å²) in [5.41, 5.74) is 4.61. The Morgan fingerprint density at radius 3 is 2.38 bits per heavy atom. The summed E-state index contributed by atoms with van der Waals surface area (Å²) >= 11 is 0. The number of nitrogens with zero attached hydrogens (tertiary/aromatic N) is 3. The van der Waals surface area contributed by atoms with Gasteiger partial charge in [-0.05, 0) is 74.2 Å². The van der Waals surface area contributed by atoms with E-state index in [0.717, 1.165) is 16.7 Å². The fourth-order valence-corrected chi connectivity index (χ4v) is 5.11. The van der Waals surface area contributed by atoms with Crippen LogP contribution in [-0.2, 0) is 6.42 Å². The maximum absolute atomic E-state index is 14.2. The maximum atomic E-state index is 14.2. The summed E-state index contributed by atoms with van der Waals surface area (Å²) in [4.78, 5) is 35.1. The standard InChI is InChI=1S/C34H33N3O3/c1-23-18-19-31(40-4)30(22-23)37-32(35-29-17-11-10-16-28(29)34(37)39)25(3)36(21-20-26-13-6-5-7-14-26)33(38)27-15-9-8-12-24(27)2/h5-19,22,25H,20-21H2,1-4H3. The van der Waals surface area contributed by atoms with Crippen molar-refractivity contribution in [1.82, 2.24) is 14.5 Å². The zero-order valence-corrected chi connectivity index (χ0v) is 23.3. The molecule has 202 valence electrons. The molecule has 1 unspecified atom stereocenters. The minimum atomic E-state index is -0.529. The van der Waals surface area contributed by atoms with E-state index < -0.39 is 6.04 Å². The Labute approximate surface area is 234 Å². The van der Waals surface area contributed by atoms with Crippen LogP contribution in [0.4, 0.5) is 0 Å². The summed E-state index contributed by atoms with van der Waals surface area (Å²) < 4.78 is 7.30. The van der Waals surface area contributed by atoms with E-state index in [1.165, 1.54) is 0 Å². The second-order valence-electron chi connectivity index (χ2n) is 10.0. The first-order valence-corrected chi connectivity index (χ1v) is 13.5. The van der Waals surface area contributed by atoms with E-state index >= 15 is 0 Å². The number of fused-ring (bicyclic) bond motifs is 1. The molecule has 5 aromatic rings. The second-order valence-corrected chi connectivity index (χ2v) is 10.0. The van der Waals surface area contributed by atoms with Gasteiger partial charge in [-0.15, -0.1) is 0 Å². The number of aryl methyl sites for hydroxylation is 2. The number of amides is 1. The Hall–Kier alpha value is -4.71. The van der Waals surface area contributed by atoms with Crippen molar-refractivity contribution in [2.24, 2.45) is 0 Å². The van der Waals surface area contributed by atoms with E-state index in [4.69, 9.17) is 9.72 Å². The van der Waals surface area contributed by atoms with E-state index in [2.05, 4.69) is 12.1 Å².